The van der Waals surface area contributed by atoms with Gasteiger partial charge in [-0.3, -0.25) is 4.79 Å². The topological polar surface area (TPSA) is 29.1 Å². The minimum atomic E-state index is 0.122. The van der Waals surface area contributed by atoms with Crippen molar-refractivity contribution in [3.8, 4) is 0 Å². The van der Waals surface area contributed by atoms with E-state index < -0.39 is 0 Å². The lowest BCUT2D eigenvalue weighted by Gasteiger charge is -2.28. The molecule has 4 unspecified atom stereocenters. The molecule has 4 atom stereocenters. The van der Waals surface area contributed by atoms with Crippen molar-refractivity contribution in [2.24, 2.45) is 17.8 Å². The van der Waals surface area contributed by atoms with Crippen LogP contribution in [0.15, 0.2) is 6.07 Å². The first kappa shape index (κ1) is 13.2. The van der Waals surface area contributed by atoms with Crippen LogP contribution in [-0.4, -0.2) is 11.9 Å². The summed E-state index contributed by atoms with van der Waals surface area (Å²) in [5.41, 5.74) is 1.22. The van der Waals surface area contributed by atoms with Gasteiger partial charge in [-0.1, -0.05) is 6.42 Å². The number of fused-ring (bicyclic) bond motifs is 2. The van der Waals surface area contributed by atoms with Gasteiger partial charge in [-0.05, 0) is 69.4 Å². The zero-order chi connectivity index (χ0) is 13.6. The zero-order valence-electron chi connectivity index (χ0n) is 12.0. The van der Waals surface area contributed by atoms with Gasteiger partial charge in [-0.2, -0.15) is 0 Å². The van der Waals surface area contributed by atoms with E-state index in [1.54, 1.807) is 11.3 Å². The summed E-state index contributed by atoms with van der Waals surface area (Å²) in [6, 6.07) is 2.34. The highest BCUT2D eigenvalue weighted by Crippen LogP contribution is 2.49. The highest BCUT2D eigenvalue weighted by atomic mass is 32.1. The molecule has 2 nitrogen and oxygen atoms in total. The largest absolute Gasteiger partial charge is 0.349 e. The predicted molar refractivity (Wildman–Crippen MR) is 79.7 cm³/mol. The molecule has 3 rings (SSSR count). The summed E-state index contributed by atoms with van der Waals surface area (Å²) in [4.78, 5) is 14.4. The summed E-state index contributed by atoms with van der Waals surface area (Å²) in [5.74, 6) is 2.65. The van der Waals surface area contributed by atoms with Crippen LogP contribution in [0.25, 0.3) is 0 Å². The predicted octanol–water partition coefficient (Wildman–Crippen LogP) is 3.92. The summed E-state index contributed by atoms with van der Waals surface area (Å²) in [7, 11) is 0. The number of thiophene rings is 1. The molecular weight excluding hydrogens is 254 g/mol. The number of carbonyl (C=O) groups excluding carboxylic acids is 1. The van der Waals surface area contributed by atoms with Crippen LogP contribution in [0.5, 0.6) is 0 Å². The molecule has 3 heteroatoms. The van der Waals surface area contributed by atoms with Gasteiger partial charge in [-0.25, -0.2) is 0 Å². The fraction of sp³-hybridized carbons (Fsp3) is 0.688. The van der Waals surface area contributed by atoms with E-state index in [9.17, 15) is 4.79 Å². The SMILES string of the molecule is Cc1cc(C(=O)NC(C)C2CC3CCC2C3)sc1C. The van der Waals surface area contributed by atoms with Gasteiger partial charge in [0.2, 0.25) is 0 Å². The minimum Gasteiger partial charge on any atom is -0.349 e. The highest BCUT2D eigenvalue weighted by Gasteiger charge is 2.42. The van der Waals surface area contributed by atoms with Crippen molar-refractivity contribution in [1.82, 2.24) is 5.32 Å². The van der Waals surface area contributed by atoms with Crippen molar-refractivity contribution in [3.05, 3.63) is 21.4 Å². The first-order valence-corrected chi connectivity index (χ1v) is 8.24. The van der Waals surface area contributed by atoms with Crippen LogP contribution in [0.1, 0.15) is 52.7 Å². The summed E-state index contributed by atoms with van der Waals surface area (Å²) in [6.45, 7) is 6.34. The Balaban J connectivity index is 1.63. The van der Waals surface area contributed by atoms with Crippen molar-refractivity contribution < 1.29 is 4.79 Å². The lowest BCUT2D eigenvalue weighted by molar-refractivity contribution is 0.0919. The quantitative estimate of drug-likeness (QED) is 0.891. The monoisotopic (exact) mass is 277 g/mol. The van der Waals surface area contributed by atoms with E-state index in [-0.39, 0.29) is 5.91 Å². The van der Waals surface area contributed by atoms with Crippen molar-refractivity contribution in [3.63, 3.8) is 0 Å². The molecule has 2 fully saturated rings. The number of hydrogen-bond acceptors (Lipinski definition) is 2. The van der Waals surface area contributed by atoms with E-state index in [2.05, 4.69) is 26.1 Å². The van der Waals surface area contributed by atoms with E-state index in [0.29, 0.717) is 12.0 Å². The number of nitrogens with one attached hydrogen (secondary N) is 1. The summed E-state index contributed by atoms with van der Waals surface area (Å²) < 4.78 is 0. The molecule has 2 bridgehead atoms. The second kappa shape index (κ2) is 4.93. The first-order chi connectivity index (χ1) is 9.04. The molecule has 19 heavy (non-hydrogen) atoms. The Morgan fingerprint density at radius 2 is 2.16 bits per heavy atom. The number of carbonyl (C=O) groups is 1. The van der Waals surface area contributed by atoms with Crippen LogP contribution in [-0.2, 0) is 0 Å². The Kier molecular flexibility index (Phi) is 3.42. The second-order valence-corrected chi connectivity index (χ2v) is 7.71. The molecule has 0 spiro atoms. The molecule has 104 valence electrons. The molecule has 0 saturated heterocycles. The van der Waals surface area contributed by atoms with Gasteiger partial charge in [0.1, 0.15) is 0 Å². The number of hydrogen-bond donors (Lipinski definition) is 1. The average Bonchev–Trinajstić information content (AvgIpc) is 3.06. The Morgan fingerprint density at radius 1 is 1.37 bits per heavy atom. The van der Waals surface area contributed by atoms with E-state index >= 15 is 0 Å². The van der Waals surface area contributed by atoms with Crippen molar-refractivity contribution in [2.45, 2.75) is 52.5 Å². The third-order valence-corrected chi connectivity index (χ3v) is 6.33. The number of aryl methyl sites for hydroxylation is 2. The fourth-order valence-electron chi connectivity index (χ4n) is 3.98. The second-order valence-electron chi connectivity index (χ2n) is 6.45. The van der Waals surface area contributed by atoms with E-state index in [1.807, 2.05) is 6.07 Å². The van der Waals surface area contributed by atoms with Crippen molar-refractivity contribution in [1.29, 1.82) is 0 Å². The number of rotatable bonds is 3. The van der Waals surface area contributed by atoms with Crippen LogP contribution < -0.4 is 5.32 Å². The van der Waals surface area contributed by atoms with Gasteiger partial charge in [-0.15, -0.1) is 11.3 Å². The Morgan fingerprint density at radius 3 is 2.68 bits per heavy atom. The van der Waals surface area contributed by atoms with Crippen molar-refractivity contribution in [2.75, 3.05) is 0 Å². The van der Waals surface area contributed by atoms with E-state index in [1.165, 1.54) is 36.1 Å². The standard InChI is InChI=1S/C16H23NOS/c1-9-6-15(19-11(9)3)16(18)17-10(2)14-8-12-4-5-13(14)7-12/h6,10,12-14H,4-5,7-8H2,1-3H3,(H,17,18). The summed E-state index contributed by atoms with van der Waals surface area (Å²) in [6.07, 6.45) is 5.54. The maximum absolute atomic E-state index is 12.3. The molecule has 0 aliphatic heterocycles. The molecule has 0 aromatic carbocycles. The van der Waals surface area contributed by atoms with E-state index in [4.69, 9.17) is 0 Å². The lowest BCUT2D eigenvalue weighted by atomic mass is 9.84. The number of amides is 1. The molecular formula is C16H23NOS. The smallest absolute Gasteiger partial charge is 0.261 e. The molecule has 1 amide bonds. The first-order valence-electron chi connectivity index (χ1n) is 7.42. The molecule has 1 aromatic heterocycles. The van der Waals surface area contributed by atoms with Gasteiger partial charge in [0.05, 0.1) is 4.88 Å². The molecule has 2 aliphatic rings. The summed E-state index contributed by atoms with van der Waals surface area (Å²) >= 11 is 1.61. The van der Waals surface area contributed by atoms with Gasteiger partial charge >= 0.3 is 0 Å². The van der Waals surface area contributed by atoms with Gasteiger partial charge in [0, 0.05) is 10.9 Å². The Hall–Kier alpha value is -0.830. The highest BCUT2D eigenvalue weighted by molar-refractivity contribution is 7.14. The lowest BCUT2D eigenvalue weighted by Crippen LogP contribution is -2.39. The zero-order valence-corrected chi connectivity index (χ0v) is 12.8. The van der Waals surface area contributed by atoms with Crippen molar-refractivity contribution >= 4 is 17.2 Å². The van der Waals surface area contributed by atoms with Crippen LogP contribution in [0.2, 0.25) is 0 Å². The maximum Gasteiger partial charge on any atom is 0.261 e. The molecule has 2 saturated carbocycles. The normalized spacial score (nSPS) is 30.6. The third kappa shape index (κ3) is 2.45. The third-order valence-electron chi connectivity index (χ3n) is 5.18. The molecule has 2 aliphatic carbocycles. The molecule has 1 N–H and O–H groups in total. The van der Waals surface area contributed by atoms with Crippen LogP contribution in [0.3, 0.4) is 0 Å². The van der Waals surface area contributed by atoms with Crippen LogP contribution in [0, 0.1) is 31.6 Å². The van der Waals surface area contributed by atoms with Gasteiger partial charge in [0.15, 0.2) is 0 Å². The summed E-state index contributed by atoms with van der Waals surface area (Å²) in [5, 5.41) is 3.24. The van der Waals surface area contributed by atoms with E-state index in [0.717, 1.165) is 16.7 Å². The minimum absolute atomic E-state index is 0.122. The molecule has 1 aromatic rings. The molecule has 1 heterocycles. The Labute approximate surface area is 119 Å². The fourth-order valence-corrected chi connectivity index (χ4v) is 4.91. The average molecular weight is 277 g/mol. The van der Waals surface area contributed by atoms with Crippen LogP contribution >= 0.6 is 11.3 Å². The maximum atomic E-state index is 12.3. The van der Waals surface area contributed by atoms with Crippen LogP contribution in [0.4, 0.5) is 0 Å². The Bertz CT molecular complexity index is 473. The van der Waals surface area contributed by atoms with Gasteiger partial charge < -0.3 is 5.32 Å². The molecule has 0 radical (unpaired) electrons. The van der Waals surface area contributed by atoms with Gasteiger partial charge in [0.25, 0.3) is 5.91 Å².